The fourth-order valence-corrected chi connectivity index (χ4v) is 4.98. The van der Waals surface area contributed by atoms with E-state index in [1.807, 2.05) is 0 Å². The van der Waals surface area contributed by atoms with Gasteiger partial charge in [0.15, 0.2) is 0 Å². The lowest BCUT2D eigenvalue weighted by molar-refractivity contribution is 0.256. The topological polar surface area (TPSA) is 40.5 Å². The third-order valence-corrected chi connectivity index (χ3v) is 7.35. The van der Waals surface area contributed by atoms with Gasteiger partial charge in [0.2, 0.25) is 0 Å². The third-order valence-electron chi connectivity index (χ3n) is 7.35. The van der Waals surface area contributed by atoms with Gasteiger partial charge in [0.1, 0.15) is 5.75 Å². The van der Waals surface area contributed by atoms with Crippen LogP contribution in [0.5, 0.6) is 5.75 Å². The molecule has 34 heavy (non-hydrogen) atoms. The van der Waals surface area contributed by atoms with Gasteiger partial charge in [-0.15, -0.1) is 0 Å². The zero-order chi connectivity index (χ0) is 25.6. The van der Waals surface area contributed by atoms with Crippen LogP contribution in [0.15, 0.2) is 12.1 Å². The highest BCUT2D eigenvalue weighted by atomic mass is 16.3. The van der Waals surface area contributed by atoms with Gasteiger partial charge in [-0.2, -0.15) is 0 Å². The van der Waals surface area contributed by atoms with Gasteiger partial charge in [-0.1, -0.05) is 150 Å². The predicted octanol–water partition coefficient (Wildman–Crippen LogP) is 9.93. The van der Waals surface area contributed by atoms with Crippen LogP contribution in [0.2, 0.25) is 0 Å². The summed E-state index contributed by atoms with van der Waals surface area (Å²) < 4.78 is 0. The van der Waals surface area contributed by atoms with E-state index in [9.17, 15) is 10.2 Å². The smallest absolute Gasteiger partial charge is 0.123 e. The molecular weight excluding hydrogens is 416 g/mol. The highest BCUT2D eigenvalue weighted by Gasteiger charge is 2.28. The third kappa shape index (κ3) is 11.6. The summed E-state index contributed by atoms with van der Waals surface area (Å²) in [5, 5.41) is 21.2. The molecule has 198 valence electrons. The molecule has 1 rings (SSSR count). The molecule has 0 spiro atoms. The van der Waals surface area contributed by atoms with Gasteiger partial charge in [-0.05, 0) is 33.9 Å². The van der Waals surface area contributed by atoms with Crippen LogP contribution in [0.3, 0.4) is 0 Å². The van der Waals surface area contributed by atoms with Gasteiger partial charge in [-0.3, -0.25) is 0 Å². The lowest BCUT2D eigenvalue weighted by atomic mass is 9.76. The van der Waals surface area contributed by atoms with Gasteiger partial charge in [0.05, 0.1) is 0 Å². The summed E-state index contributed by atoms with van der Waals surface area (Å²) in [7, 11) is 0. The SMILES string of the molecule is CCCCCCCCCCCCCCCCC(CO)c1cc(C(C)(C)C)c(O)c(C(C)(C)C)c1. The van der Waals surface area contributed by atoms with Crippen molar-refractivity contribution >= 4 is 0 Å². The van der Waals surface area contributed by atoms with Crippen molar-refractivity contribution in [2.45, 2.75) is 162 Å². The molecular formula is C32H58O2. The number of rotatable bonds is 17. The average molecular weight is 475 g/mol. The first-order chi connectivity index (χ1) is 16.0. The molecule has 0 aliphatic rings. The number of aliphatic hydroxyl groups excluding tert-OH is 1. The molecule has 2 heteroatoms. The Bertz CT molecular complexity index is 628. The fraction of sp³-hybridized carbons (Fsp3) is 0.812. The quantitative estimate of drug-likeness (QED) is 0.220. The molecule has 2 nitrogen and oxygen atoms in total. The van der Waals surface area contributed by atoms with Gasteiger partial charge >= 0.3 is 0 Å². The molecule has 0 aromatic heterocycles. The number of phenolic OH excluding ortho intramolecular Hbond substituents is 1. The van der Waals surface area contributed by atoms with Gasteiger partial charge in [0, 0.05) is 12.5 Å². The van der Waals surface area contributed by atoms with Gasteiger partial charge < -0.3 is 10.2 Å². The van der Waals surface area contributed by atoms with Crippen LogP contribution in [0.25, 0.3) is 0 Å². The molecule has 1 atom stereocenters. The van der Waals surface area contributed by atoms with E-state index in [-0.39, 0.29) is 23.4 Å². The molecule has 0 saturated carbocycles. The summed E-state index contributed by atoms with van der Waals surface area (Å²) >= 11 is 0. The zero-order valence-electron chi connectivity index (χ0n) is 23.9. The number of unbranched alkanes of at least 4 members (excludes halogenated alkanes) is 13. The molecule has 0 heterocycles. The van der Waals surface area contributed by atoms with E-state index in [0.717, 1.165) is 17.5 Å². The molecule has 2 N–H and O–H groups in total. The average Bonchev–Trinajstić information content (AvgIpc) is 2.75. The first-order valence-electron chi connectivity index (χ1n) is 14.5. The Morgan fingerprint density at radius 1 is 0.618 bits per heavy atom. The molecule has 0 saturated heterocycles. The minimum Gasteiger partial charge on any atom is -0.507 e. The second-order valence-corrected chi connectivity index (χ2v) is 12.7. The van der Waals surface area contributed by atoms with E-state index >= 15 is 0 Å². The molecule has 0 radical (unpaired) electrons. The van der Waals surface area contributed by atoms with Gasteiger partial charge in [0.25, 0.3) is 0 Å². The Morgan fingerprint density at radius 3 is 1.29 bits per heavy atom. The van der Waals surface area contributed by atoms with Crippen molar-refractivity contribution in [1.29, 1.82) is 0 Å². The van der Waals surface area contributed by atoms with Crippen LogP contribution in [0.4, 0.5) is 0 Å². The number of aliphatic hydroxyl groups is 1. The number of hydrogen-bond donors (Lipinski definition) is 2. The number of benzene rings is 1. The lowest BCUT2D eigenvalue weighted by Gasteiger charge is -2.29. The van der Waals surface area contributed by atoms with Crippen molar-refractivity contribution in [2.24, 2.45) is 0 Å². The summed E-state index contributed by atoms with van der Waals surface area (Å²) in [6.45, 7) is 15.4. The lowest BCUT2D eigenvalue weighted by Crippen LogP contribution is -2.19. The van der Waals surface area contributed by atoms with Gasteiger partial charge in [-0.25, -0.2) is 0 Å². The van der Waals surface area contributed by atoms with Crippen LogP contribution in [-0.2, 0) is 10.8 Å². The van der Waals surface area contributed by atoms with E-state index in [1.54, 1.807) is 0 Å². The van der Waals surface area contributed by atoms with Crippen LogP contribution >= 0.6 is 0 Å². The molecule has 0 bridgehead atoms. The molecule has 0 aliphatic carbocycles. The minimum absolute atomic E-state index is 0.130. The second kappa shape index (κ2) is 15.9. The van der Waals surface area contributed by atoms with Crippen molar-refractivity contribution in [3.63, 3.8) is 0 Å². The van der Waals surface area contributed by atoms with E-state index in [1.165, 1.54) is 95.5 Å². The Morgan fingerprint density at radius 2 is 0.971 bits per heavy atom. The van der Waals surface area contributed by atoms with E-state index in [2.05, 4.69) is 60.6 Å². The Balaban J connectivity index is 2.41. The first-order valence-corrected chi connectivity index (χ1v) is 14.5. The summed E-state index contributed by atoms with van der Waals surface area (Å²) in [6.07, 6.45) is 20.2. The van der Waals surface area contributed by atoms with Crippen LogP contribution in [0, 0.1) is 0 Å². The van der Waals surface area contributed by atoms with E-state index in [0.29, 0.717) is 5.75 Å². The summed E-state index contributed by atoms with van der Waals surface area (Å²) in [4.78, 5) is 0. The van der Waals surface area contributed by atoms with Crippen molar-refractivity contribution in [3.8, 4) is 5.75 Å². The highest BCUT2D eigenvalue weighted by molar-refractivity contribution is 5.50. The van der Waals surface area contributed by atoms with Crippen LogP contribution < -0.4 is 0 Å². The predicted molar refractivity (Wildman–Crippen MR) is 150 cm³/mol. The van der Waals surface area contributed by atoms with Crippen molar-refractivity contribution in [1.82, 2.24) is 0 Å². The molecule has 1 aromatic rings. The maximum atomic E-state index is 11.0. The summed E-state index contributed by atoms with van der Waals surface area (Å²) in [6, 6.07) is 4.30. The van der Waals surface area contributed by atoms with E-state index in [4.69, 9.17) is 0 Å². The Hall–Kier alpha value is -1.02. The normalized spacial score (nSPS) is 13.4. The van der Waals surface area contributed by atoms with Crippen LogP contribution in [-0.4, -0.2) is 16.8 Å². The monoisotopic (exact) mass is 474 g/mol. The Labute approximate surface area is 213 Å². The highest BCUT2D eigenvalue weighted by Crippen LogP contribution is 2.41. The Kier molecular flexibility index (Phi) is 14.5. The molecule has 1 aromatic carbocycles. The second-order valence-electron chi connectivity index (χ2n) is 12.7. The molecule has 0 aliphatic heterocycles. The summed E-state index contributed by atoms with van der Waals surface area (Å²) in [5.74, 6) is 0.581. The van der Waals surface area contributed by atoms with Crippen molar-refractivity contribution in [2.75, 3.05) is 6.61 Å². The zero-order valence-corrected chi connectivity index (χ0v) is 23.9. The largest absolute Gasteiger partial charge is 0.507 e. The minimum atomic E-state index is -0.130. The standard InChI is InChI=1S/C32H58O2/c1-8-9-10-11-12-13-14-15-16-17-18-19-20-21-22-26(25-33)27-23-28(31(2,3)4)30(34)29(24-27)32(5,6)7/h23-24,26,33-34H,8-22,25H2,1-7H3. The maximum Gasteiger partial charge on any atom is 0.123 e. The van der Waals surface area contributed by atoms with Crippen molar-refractivity contribution < 1.29 is 10.2 Å². The van der Waals surface area contributed by atoms with Crippen molar-refractivity contribution in [3.05, 3.63) is 28.8 Å². The number of aromatic hydroxyl groups is 1. The fourth-order valence-electron chi connectivity index (χ4n) is 4.98. The molecule has 1 unspecified atom stereocenters. The summed E-state index contributed by atoms with van der Waals surface area (Å²) in [5.41, 5.74) is 2.91. The van der Waals surface area contributed by atoms with E-state index < -0.39 is 0 Å². The number of phenols is 1. The van der Waals surface area contributed by atoms with Crippen LogP contribution in [0.1, 0.15) is 167 Å². The number of hydrogen-bond acceptors (Lipinski definition) is 2. The first kappa shape index (κ1) is 31.0. The maximum absolute atomic E-state index is 11.0. The molecule has 0 fully saturated rings. The molecule has 0 amide bonds.